The molecule has 4 aliphatic rings. The van der Waals surface area contributed by atoms with Gasteiger partial charge in [-0.3, -0.25) is 4.79 Å². The molecule has 35 heavy (non-hydrogen) atoms. The number of fused-ring (bicyclic) bond motifs is 3. The minimum absolute atomic E-state index is 0.102. The quantitative estimate of drug-likeness (QED) is 0.370. The second kappa shape index (κ2) is 8.36. The molecule has 3 aliphatic carbocycles. The van der Waals surface area contributed by atoms with E-state index in [4.69, 9.17) is 32.5 Å². The molecule has 7 rings (SSSR count). The monoisotopic (exact) mass is 508 g/mol. The molecule has 1 aliphatic heterocycles. The second-order valence-electron chi connectivity index (χ2n) is 10.3. The van der Waals surface area contributed by atoms with Gasteiger partial charge in [0.15, 0.2) is 0 Å². The maximum Gasteiger partial charge on any atom is 0.233 e. The van der Waals surface area contributed by atoms with Gasteiger partial charge in [-0.2, -0.15) is 0 Å². The summed E-state index contributed by atoms with van der Waals surface area (Å²) in [6, 6.07) is 12.2. The van der Waals surface area contributed by atoms with Crippen LogP contribution in [0.3, 0.4) is 0 Å². The number of amides is 1. The van der Waals surface area contributed by atoms with E-state index in [1.807, 2.05) is 11.0 Å². The first-order valence-electron chi connectivity index (χ1n) is 12.6. The summed E-state index contributed by atoms with van der Waals surface area (Å²) in [5.41, 5.74) is 6.12. The minimum atomic E-state index is -0.107. The molecule has 5 nitrogen and oxygen atoms in total. The lowest BCUT2D eigenvalue weighted by molar-refractivity contribution is -0.126. The van der Waals surface area contributed by atoms with Crippen LogP contribution in [0.1, 0.15) is 60.5 Å². The van der Waals surface area contributed by atoms with Crippen molar-refractivity contribution in [3.8, 4) is 11.3 Å². The first-order chi connectivity index (χ1) is 17.1. The second-order valence-corrected chi connectivity index (χ2v) is 11.2. The van der Waals surface area contributed by atoms with Gasteiger partial charge in [0.05, 0.1) is 28.7 Å². The number of hydrogen-bond donors (Lipinski definition) is 0. The third kappa shape index (κ3) is 3.62. The zero-order valence-electron chi connectivity index (χ0n) is 19.3. The van der Waals surface area contributed by atoms with Gasteiger partial charge < -0.3 is 14.2 Å². The van der Waals surface area contributed by atoms with Crippen LogP contribution in [0.5, 0.6) is 0 Å². The fourth-order valence-corrected chi connectivity index (χ4v) is 6.85. The number of carbonyl (C=O) groups is 1. The molecule has 7 heteroatoms. The van der Waals surface area contributed by atoms with E-state index in [1.54, 1.807) is 12.1 Å². The number of piperidine rings is 1. The minimum Gasteiger partial charge on any atom is -0.372 e. The standard InChI is InChI=1S/C28H26Cl2N2O3/c29-22-5-2-6-23(30)25(22)26-21(27(35-31-26)16-7-8-16)14-34-24-13-19-12-20(24)28(33)32(19)18-10-9-15-3-1-4-17(15)11-18/h2,5-6,9-11,16,19-20,24H,1,3-4,7-8,12-14H2/t19-,20+,24+/m0/s1. The van der Waals surface area contributed by atoms with Gasteiger partial charge in [0.25, 0.3) is 0 Å². The smallest absolute Gasteiger partial charge is 0.233 e. The van der Waals surface area contributed by atoms with Crippen molar-refractivity contribution >= 4 is 34.8 Å². The van der Waals surface area contributed by atoms with Crippen molar-refractivity contribution in [2.24, 2.45) is 5.92 Å². The van der Waals surface area contributed by atoms with Crippen LogP contribution in [0.2, 0.25) is 10.0 Å². The van der Waals surface area contributed by atoms with Gasteiger partial charge in [0.2, 0.25) is 5.91 Å². The number of ether oxygens (including phenoxy) is 1. The zero-order valence-corrected chi connectivity index (χ0v) is 20.8. The maximum absolute atomic E-state index is 13.4. The Bertz CT molecular complexity index is 1310. The van der Waals surface area contributed by atoms with Crippen LogP contribution >= 0.6 is 23.2 Å². The highest BCUT2D eigenvalue weighted by Gasteiger charge is 2.52. The molecule has 180 valence electrons. The van der Waals surface area contributed by atoms with E-state index >= 15 is 0 Å². The van der Waals surface area contributed by atoms with Crippen molar-refractivity contribution in [1.82, 2.24) is 5.16 Å². The van der Waals surface area contributed by atoms with Gasteiger partial charge in [0, 0.05) is 28.8 Å². The molecule has 3 atom stereocenters. The van der Waals surface area contributed by atoms with E-state index in [2.05, 4.69) is 23.4 Å². The van der Waals surface area contributed by atoms with Crippen LogP contribution < -0.4 is 4.90 Å². The number of rotatable bonds is 6. The first-order valence-corrected chi connectivity index (χ1v) is 13.3. The predicted octanol–water partition coefficient (Wildman–Crippen LogP) is 6.73. The summed E-state index contributed by atoms with van der Waals surface area (Å²) >= 11 is 13.0. The number of aryl methyl sites for hydroxylation is 2. The molecule has 1 aromatic heterocycles. The molecule has 2 bridgehead atoms. The lowest BCUT2D eigenvalue weighted by Crippen LogP contribution is -2.43. The van der Waals surface area contributed by atoms with Gasteiger partial charge in [-0.1, -0.05) is 40.5 Å². The third-order valence-corrected chi connectivity index (χ3v) is 8.80. The highest BCUT2D eigenvalue weighted by atomic mass is 35.5. The van der Waals surface area contributed by atoms with E-state index < -0.39 is 0 Å². The topological polar surface area (TPSA) is 55.6 Å². The van der Waals surface area contributed by atoms with E-state index in [1.165, 1.54) is 17.5 Å². The van der Waals surface area contributed by atoms with Crippen molar-refractivity contribution < 1.29 is 14.1 Å². The number of benzene rings is 2. The van der Waals surface area contributed by atoms with E-state index in [-0.39, 0.29) is 24.0 Å². The summed E-state index contributed by atoms with van der Waals surface area (Å²) in [7, 11) is 0. The number of anilines is 1. The summed E-state index contributed by atoms with van der Waals surface area (Å²) in [4.78, 5) is 15.4. The number of aromatic nitrogens is 1. The van der Waals surface area contributed by atoms with E-state index in [9.17, 15) is 4.79 Å². The highest BCUT2D eigenvalue weighted by molar-refractivity contribution is 6.39. The van der Waals surface area contributed by atoms with Gasteiger partial charge >= 0.3 is 0 Å². The van der Waals surface area contributed by atoms with Gasteiger partial charge in [-0.05, 0) is 80.3 Å². The summed E-state index contributed by atoms with van der Waals surface area (Å²) in [5, 5.41) is 5.43. The Morgan fingerprint density at radius 2 is 1.86 bits per heavy atom. The Labute approximate surface area is 214 Å². The van der Waals surface area contributed by atoms with Crippen molar-refractivity contribution in [1.29, 1.82) is 0 Å². The van der Waals surface area contributed by atoms with Crippen LogP contribution in [0.25, 0.3) is 11.3 Å². The number of halogens is 2. The average molecular weight is 509 g/mol. The Morgan fingerprint density at radius 3 is 2.63 bits per heavy atom. The SMILES string of the molecule is O=C1[C@@H]2C[C@@H](C[C@H]2OCc2c(-c3c(Cl)cccc3Cl)noc2C2CC2)N1c1ccc2c(c1)CCC2. The Balaban J connectivity index is 1.11. The molecule has 1 saturated heterocycles. The van der Waals surface area contributed by atoms with E-state index in [0.717, 1.165) is 55.5 Å². The van der Waals surface area contributed by atoms with Crippen LogP contribution in [0, 0.1) is 5.92 Å². The fourth-order valence-electron chi connectivity index (χ4n) is 6.27. The van der Waals surface area contributed by atoms with E-state index in [0.29, 0.717) is 33.8 Å². The van der Waals surface area contributed by atoms with Crippen molar-refractivity contribution in [3.63, 3.8) is 0 Å². The molecular weight excluding hydrogens is 483 g/mol. The van der Waals surface area contributed by atoms with Crippen molar-refractivity contribution in [3.05, 3.63) is 68.9 Å². The van der Waals surface area contributed by atoms with Crippen molar-refractivity contribution in [2.75, 3.05) is 4.90 Å². The van der Waals surface area contributed by atoms with Gasteiger partial charge in [-0.15, -0.1) is 0 Å². The number of hydrogen-bond acceptors (Lipinski definition) is 4. The van der Waals surface area contributed by atoms with Gasteiger partial charge in [-0.25, -0.2) is 0 Å². The summed E-state index contributed by atoms with van der Waals surface area (Å²) < 4.78 is 12.2. The molecule has 0 N–H and O–H groups in total. The van der Waals surface area contributed by atoms with Crippen LogP contribution in [0.4, 0.5) is 5.69 Å². The molecule has 2 aromatic carbocycles. The Hall–Kier alpha value is -2.34. The third-order valence-electron chi connectivity index (χ3n) is 8.17. The lowest BCUT2D eigenvalue weighted by atomic mass is 10.0. The average Bonchev–Trinajstić information content (AvgIpc) is 3.17. The van der Waals surface area contributed by atoms with Crippen molar-refractivity contribution in [2.45, 2.75) is 69.6 Å². The Kier molecular flexibility index (Phi) is 5.23. The van der Waals surface area contributed by atoms with Crippen LogP contribution in [-0.4, -0.2) is 23.2 Å². The largest absolute Gasteiger partial charge is 0.372 e. The van der Waals surface area contributed by atoms with Crippen LogP contribution in [0.15, 0.2) is 40.9 Å². The molecule has 2 saturated carbocycles. The number of carbonyl (C=O) groups excluding carboxylic acids is 1. The lowest BCUT2D eigenvalue weighted by Gasteiger charge is -2.31. The van der Waals surface area contributed by atoms with Crippen LogP contribution in [-0.2, 0) is 29.0 Å². The molecule has 0 radical (unpaired) electrons. The predicted molar refractivity (Wildman–Crippen MR) is 135 cm³/mol. The summed E-state index contributed by atoms with van der Waals surface area (Å²) in [6.07, 6.45) is 7.24. The maximum atomic E-state index is 13.4. The number of nitrogens with zero attached hydrogens (tertiary/aromatic N) is 2. The molecule has 0 spiro atoms. The molecule has 2 heterocycles. The summed E-state index contributed by atoms with van der Waals surface area (Å²) in [5.74, 6) is 1.31. The highest BCUT2D eigenvalue weighted by Crippen LogP contribution is 2.48. The van der Waals surface area contributed by atoms with Gasteiger partial charge in [0.1, 0.15) is 11.5 Å². The molecule has 0 unspecified atom stereocenters. The Morgan fingerprint density at radius 1 is 1.06 bits per heavy atom. The first kappa shape index (κ1) is 21.9. The molecular formula is C28H26Cl2N2O3. The zero-order chi connectivity index (χ0) is 23.7. The molecule has 1 amide bonds. The fraction of sp³-hybridized carbons (Fsp3) is 0.429. The molecule has 3 aromatic rings. The molecule has 3 fully saturated rings. The normalized spacial score (nSPS) is 25.0. The summed E-state index contributed by atoms with van der Waals surface area (Å²) in [6.45, 7) is 0.340.